The van der Waals surface area contributed by atoms with Crippen molar-refractivity contribution in [2.24, 2.45) is 0 Å². The smallest absolute Gasteiger partial charge is 0.266 e. The van der Waals surface area contributed by atoms with Gasteiger partial charge in [-0.05, 0) is 37.6 Å². The van der Waals surface area contributed by atoms with Crippen LogP contribution >= 0.6 is 22.9 Å². The highest BCUT2D eigenvalue weighted by Crippen LogP contribution is 2.41. The Balaban J connectivity index is 1.56. The Morgan fingerprint density at radius 3 is 2.94 bits per heavy atom. The average molecular weight is 485 g/mol. The molecule has 0 bridgehead atoms. The van der Waals surface area contributed by atoms with E-state index in [0.29, 0.717) is 34.6 Å². The van der Waals surface area contributed by atoms with Crippen LogP contribution in [0, 0.1) is 0 Å². The first-order valence-electron chi connectivity index (χ1n) is 10.5. The van der Waals surface area contributed by atoms with Crippen molar-refractivity contribution < 1.29 is 14.3 Å². The Labute approximate surface area is 198 Å². The molecule has 0 saturated carbocycles. The van der Waals surface area contributed by atoms with E-state index in [0.717, 1.165) is 15.8 Å². The number of nitrogens with one attached hydrogen (secondary N) is 1. The van der Waals surface area contributed by atoms with Crippen LogP contribution in [-0.2, 0) is 11.3 Å². The maximum Gasteiger partial charge on any atom is 0.266 e. The summed E-state index contributed by atoms with van der Waals surface area (Å²) in [5, 5.41) is 4.40. The number of likely N-dealkylation sites (N-methyl/N-ethyl adjacent to an activating group) is 1. The van der Waals surface area contributed by atoms with Crippen LogP contribution in [0.5, 0.6) is 11.8 Å². The molecule has 3 aromatic heterocycles. The van der Waals surface area contributed by atoms with E-state index in [9.17, 15) is 4.79 Å². The molecule has 4 heterocycles. The summed E-state index contributed by atoms with van der Waals surface area (Å²) < 4.78 is 12.3. The molecule has 4 aromatic rings. The summed E-state index contributed by atoms with van der Waals surface area (Å²) in [6.07, 6.45) is 3.11. The zero-order valence-corrected chi connectivity index (χ0v) is 19.8. The molecule has 1 N–H and O–H groups in total. The third-order valence-corrected chi connectivity index (χ3v) is 6.88. The predicted molar refractivity (Wildman–Crippen MR) is 127 cm³/mol. The lowest BCUT2D eigenvalue weighted by Gasteiger charge is -2.21. The monoisotopic (exact) mass is 484 g/mol. The van der Waals surface area contributed by atoms with Gasteiger partial charge in [-0.25, -0.2) is 15.0 Å². The van der Waals surface area contributed by atoms with E-state index in [1.165, 1.54) is 11.3 Å². The van der Waals surface area contributed by atoms with E-state index >= 15 is 0 Å². The lowest BCUT2D eigenvalue weighted by Crippen LogP contribution is -2.36. The van der Waals surface area contributed by atoms with E-state index in [1.807, 2.05) is 33.0 Å². The Morgan fingerprint density at radius 1 is 1.27 bits per heavy atom. The van der Waals surface area contributed by atoms with Gasteiger partial charge >= 0.3 is 0 Å². The Bertz CT molecular complexity index is 1380. The fraction of sp³-hybridized carbons (Fsp3) is 0.318. The van der Waals surface area contributed by atoms with Gasteiger partial charge in [-0.3, -0.25) is 4.79 Å². The van der Waals surface area contributed by atoms with E-state index in [-0.39, 0.29) is 35.6 Å². The van der Waals surface area contributed by atoms with Gasteiger partial charge in [0, 0.05) is 42.5 Å². The number of fused-ring (bicyclic) bond motifs is 5. The average Bonchev–Trinajstić information content (AvgIpc) is 3.15. The topological polar surface area (TPSA) is 102 Å². The minimum absolute atomic E-state index is 0.00669. The second kappa shape index (κ2) is 8.69. The Hall–Kier alpha value is -3.08. The first kappa shape index (κ1) is 21.7. The van der Waals surface area contributed by atoms with E-state index < -0.39 is 0 Å². The predicted octanol–water partition coefficient (Wildman–Crippen LogP) is 4.50. The Morgan fingerprint density at radius 2 is 2.12 bits per heavy atom. The number of carbonyl (C=O) groups excluding carboxylic acids is 1. The quantitative estimate of drug-likeness (QED) is 0.413. The largest absolute Gasteiger partial charge is 0.418 e. The fourth-order valence-corrected chi connectivity index (χ4v) is 4.93. The molecule has 0 aliphatic carbocycles. The zero-order valence-electron chi connectivity index (χ0n) is 18.3. The molecule has 1 amide bonds. The minimum atomic E-state index is 0.00669. The lowest BCUT2D eigenvalue weighted by molar-refractivity contribution is 0.0762. The van der Waals surface area contributed by atoms with Gasteiger partial charge in [-0.15, -0.1) is 11.3 Å². The summed E-state index contributed by atoms with van der Waals surface area (Å²) in [5.41, 5.74) is 2.81. The molecular weight excluding hydrogens is 464 g/mol. The lowest BCUT2D eigenvalue weighted by atomic mass is 10.1. The van der Waals surface area contributed by atoms with Gasteiger partial charge in [0.1, 0.15) is 4.88 Å². The second-order valence-electron chi connectivity index (χ2n) is 7.68. The number of amides is 1. The highest BCUT2D eigenvalue weighted by molar-refractivity contribution is 7.21. The van der Waals surface area contributed by atoms with Crippen LogP contribution in [0.4, 0.5) is 5.69 Å². The van der Waals surface area contributed by atoms with Gasteiger partial charge in [0.2, 0.25) is 17.0 Å². The summed E-state index contributed by atoms with van der Waals surface area (Å²) >= 11 is 7.42. The molecule has 0 fully saturated rings. The third kappa shape index (κ3) is 3.94. The Kier molecular flexibility index (Phi) is 5.73. The number of anilines is 1. The minimum Gasteiger partial charge on any atom is -0.418 e. The summed E-state index contributed by atoms with van der Waals surface area (Å²) in [6, 6.07) is 3.91. The molecule has 0 unspecified atom stereocenters. The van der Waals surface area contributed by atoms with E-state index in [4.69, 9.17) is 21.1 Å². The van der Waals surface area contributed by atoms with Gasteiger partial charge in [0.05, 0.1) is 35.1 Å². The van der Waals surface area contributed by atoms with Crippen LogP contribution in [0.3, 0.4) is 0 Å². The molecule has 9 nitrogen and oxygen atoms in total. The third-order valence-electron chi connectivity index (χ3n) is 5.55. The first-order chi connectivity index (χ1) is 16.0. The molecule has 0 radical (unpaired) electrons. The zero-order chi connectivity index (χ0) is 23.1. The van der Waals surface area contributed by atoms with Crippen molar-refractivity contribution >= 4 is 55.7 Å². The standard InChI is InChI=1S/C22H21ClN6O3S/c1-4-31-10-12-8-26-22(23)28-20(12)32-15-9-25-17-13(27-15)5-6-14-16(17)18-19(33-14)21(30)29(3)11(2)7-24-18/h5-6,8-9,11,24H,4,7,10H2,1-3H3/t11-/m1/s1. The summed E-state index contributed by atoms with van der Waals surface area (Å²) in [5.74, 6) is 0.548. The molecule has 33 heavy (non-hydrogen) atoms. The molecule has 1 aromatic carbocycles. The summed E-state index contributed by atoms with van der Waals surface area (Å²) in [7, 11) is 1.83. The van der Waals surface area contributed by atoms with Crippen LogP contribution in [0.15, 0.2) is 24.5 Å². The number of nitrogens with zero attached hydrogens (tertiary/aromatic N) is 5. The maximum atomic E-state index is 13.0. The van der Waals surface area contributed by atoms with Crippen LogP contribution in [-0.4, -0.2) is 57.0 Å². The molecule has 5 rings (SSSR count). The molecule has 1 atom stereocenters. The molecular formula is C22H21ClN6O3S. The second-order valence-corrected chi connectivity index (χ2v) is 9.07. The number of halogens is 1. The highest BCUT2D eigenvalue weighted by Gasteiger charge is 2.29. The molecule has 170 valence electrons. The van der Waals surface area contributed by atoms with Gasteiger partial charge in [0.15, 0.2) is 0 Å². The van der Waals surface area contributed by atoms with Crippen LogP contribution < -0.4 is 10.1 Å². The first-order valence-corrected chi connectivity index (χ1v) is 11.7. The molecule has 1 aliphatic heterocycles. The number of aromatic nitrogens is 4. The molecule has 1 aliphatic rings. The number of ether oxygens (including phenoxy) is 2. The van der Waals surface area contributed by atoms with Crippen molar-refractivity contribution in [1.29, 1.82) is 0 Å². The summed E-state index contributed by atoms with van der Waals surface area (Å²) in [4.78, 5) is 32.8. The van der Waals surface area contributed by atoms with Crippen LogP contribution in [0.25, 0.3) is 21.1 Å². The number of hydrogen-bond donors (Lipinski definition) is 1. The van der Waals surface area contributed by atoms with Crippen molar-refractivity contribution in [2.75, 3.05) is 25.5 Å². The van der Waals surface area contributed by atoms with Crippen LogP contribution in [0.2, 0.25) is 5.28 Å². The van der Waals surface area contributed by atoms with Crippen molar-refractivity contribution in [3.05, 3.63) is 40.3 Å². The van der Waals surface area contributed by atoms with Gasteiger partial charge in [-0.1, -0.05) is 0 Å². The normalized spacial score (nSPS) is 16.1. The molecule has 0 saturated heterocycles. The van der Waals surface area contributed by atoms with E-state index in [1.54, 1.807) is 17.3 Å². The molecule has 0 spiro atoms. The highest BCUT2D eigenvalue weighted by atomic mass is 35.5. The molecule has 11 heteroatoms. The van der Waals surface area contributed by atoms with Crippen molar-refractivity contribution in [2.45, 2.75) is 26.5 Å². The van der Waals surface area contributed by atoms with Crippen molar-refractivity contribution in [3.8, 4) is 11.8 Å². The maximum absolute atomic E-state index is 13.0. The number of rotatable bonds is 5. The van der Waals surface area contributed by atoms with E-state index in [2.05, 4.69) is 25.3 Å². The SMILES string of the molecule is CCOCc1cnc(Cl)nc1Oc1cnc2c(ccc3sc4c(c32)NC[C@@H](C)N(C)C4=O)n1. The van der Waals surface area contributed by atoms with Crippen LogP contribution in [0.1, 0.15) is 29.1 Å². The van der Waals surface area contributed by atoms with Crippen molar-refractivity contribution in [3.63, 3.8) is 0 Å². The number of thiophene rings is 1. The van der Waals surface area contributed by atoms with Crippen molar-refractivity contribution in [1.82, 2.24) is 24.8 Å². The number of carbonyl (C=O) groups is 1. The van der Waals surface area contributed by atoms with Gasteiger partial charge < -0.3 is 19.7 Å². The summed E-state index contributed by atoms with van der Waals surface area (Å²) in [6.45, 7) is 5.41. The van der Waals surface area contributed by atoms with Gasteiger partial charge in [0.25, 0.3) is 5.91 Å². The number of hydrogen-bond acceptors (Lipinski definition) is 9. The number of benzene rings is 1. The fourth-order valence-electron chi connectivity index (χ4n) is 3.64. The van der Waals surface area contributed by atoms with Gasteiger partial charge in [-0.2, -0.15) is 4.98 Å².